The van der Waals surface area contributed by atoms with Gasteiger partial charge in [0.2, 0.25) is 5.91 Å². The van der Waals surface area contributed by atoms with Gasteiger partial charge in [-0.2, -0.15) is 0 Å². The summed E-state index contributed by atoms with van der Waals surface area (Å²) >= 11 is 0. The van der Waals surface area contributed by atoms with Gasteiger partial charge >= 0.3 is 6.09 Å². The van der Waals surface area contributed by atoms with Crippen LogP contribution >= 0.6 is 0 Å². The molecule has 114 valence electrons. The van der Waals surface area contributed by atoms with Crippen molar-refractivity contribution in [3.8, 4) is 0 Å². The van der Waals surface area contributed by atoms with Crippen LogP contribution in [0.4, 0.5) is 4.79 Å². The van der Waals surface area contributed by atoms with E-state index in [1.165, 1.54) is 7.11 Å². The number of hydrogen-bond acceptors (Lipinski definition) is 5. The Bertz CT molecular complexity index is 337. The van der Waals surface area contributed by atoms with Crippen LogP contribution in [0.3, 0.4) is 0 Å². The Morgan fingerprint density at radius 2 is 1.60 bits per heavy atom. The van der Waals surface area contributed by atoms with E-state index in [1.54, 1.807) is 4.90 Å². The minimum Gasteiger partial charge on any atom is -0.453 e. The summed E-state index contributed by atoms with van der Waals surface area (Å²) in [6.45, 7) is 6.41. The van der Waals surface area contributed by atoms with Gasteiger partial charge in [-0.15, -0.1) is 0 Å². The van der Waals surface area contributed by atoms with Crippen molar-refractivity contribution < 1.29 is 19.1 Å². The molecule has 0 unspecified atom stereocenters. The highest BCUT2D eigenvalue weighted by atomic mass is 16.5. The molecule has 2 saturated heterocycles. The maximum absolute atomic E-state index is 12.1. The summed E-state index contributed by atoms with van der Waals surface area (Å²) in [7, 11) is 1.38. The molecule has 2 rings (SSSR count). The van der Waals surface area contributed by atoms with Crippen LogP contribution in [0.15, 0.2) is 0 Å². The summed E-state index contributed by atoms with van der Waals surface area (Å²) in [5, 5.41) is 0. The molecule has 0 radical (unpaired) electrons. The lowest BCUT2D eigenvalue weighted by Crippen LogP contribution is -2.51. The maximum atomic E-state index is 12.1. The molecule has 0 aliphatic carbocycles. The molecule has 20 heavy (non-hydrogen) atoms. The lowest BCUT2D eigenvalue weighted by molar-refractivity contribution is -0.133. The van der Waals surface area contributed by atoms with Crippen molar-refractivity contribution >= 4 is 12.0 Å². The van der Waals surface area contributed by atoms with Gasteiger partial charge in [-0.1, -0.05) is 0 Å². The first-order valence-corrected chi connectivity index (χ1v) is 7.11. The molecule has 0 aromatic carbocycles. The predicted molar refractivity (Wildman–Crippen MR) is 72.4 cm³/mol. The fourth-order valence-corrected chi connectivity index (χ4v) is 2.50. The van der Waals surface area contributed by atoms with Crippen molar-refractivity contribution in [1.29, 1.82) is 0 Å². The van der Waals surface area contributed by atoms with Gasteiger partial charge in [0, 0.05) is 52.2 Å². The van der Waals surface area contributed by atoms with Gasteiger partial charge in [-0.25, -0.2) is 4.79 Å². The summed E-state index contributed by atoms with van der Waals surface area (Å²) in [4.78, 5) is 29.2. The van der Waals surface area contributed by atoms with Crippen LogP contribution in [-0.4, -0.2) is 92.8 Å². The second-order valence-electron chi connectivity index (χ2n) is 5.04. The molecular weight excluding hydrogens is 262 g/mol. The van der Waals surface area contributed by atoms with Crippen molar-refractivity contribution in [2.75, 3.05) is 66.1 Å². The number of nitrogens with zero attached hydrogens (tertiary/aromatic N) is 3. The zero-order valence-electron chi connectivity index (χ0n) is 12.0. The SMILES string of the molecule is COC(=O)N1CCN(C(=O)CCN2CCOCC2)CC1. The van der Waals surface area contributed by atoms with Crippen LogP contribution in [0.5, 0.6) is 0 Å². The first-order valence-electron chi connectivity index (χ1n) is 7.11. The molecule has 2 fully saturated rings. The van der Waals surface area contributed by atoms with Gasteiger partial charge in [0.15, 0.2) is 0 Å². The van der Waals surface area contributed by atoms with Crippen LogP contribution in [0, 0.1) is 0 Å². The van der Waals surface area contributed by atoms with Crippen LogP contribution in [0.2, 0.25) is 0 Å². The second-order valence-corrected chi connectivity index (χ2v) is 5.04. The standard InChI is InChI=1S/C13H23N3O4/c1-19-13(18)16-6-4-15(5-7-16)12(17)2-3-14-8-10-20-11-9-14/h2-11H2,1H3. The van der Waals surface area contributed by atoms with Crippen molar-refractivity contribution in [3.63, 3.8) is 0 Å². The molecule has 7 heteroatoms. The summed E-state index contributed by atoms with van der Waals surface area (Å²) in [6.07, 6.45) is 0.225. The molecule has 7 nitrogen and oxygen atoms in total. The molecule has 2 amide bonds. The Hall–Kier alpha value is -1.34. The Labute approximate surface area is 119 Å². The molecule has 0 atom stereocenters. The summed E-state index contributed by atoms with van der Waals surface area (Å²) in [5.74, 6) is 0.168. The minimum atomic E-state index is -0.314. The van der Waals surface area contributed by atoms with Crippen molar-refractivity contribution in [2.45, 2.75) is 6.42 Å². The number of methoxy groups -OCH3 is 1. The van der Waals surface area contributed by atoms with Crippen molar-refractivity contribution in [3.05, 3.63) is 0 Å². The van der Waals surface area contributed by atoms with Crippen LogP contribution < -0.4 is 0 Å². The third kappa shape index (κ3) is 4.08. The Morgan fingerprint density at radius 1 is 1.00 bits per heavy atom. The lowest BCUT2D eigenvalue weighted by atomic mass is 10.2. The van der Waals surface area contributed by atoms with Gasteiger partial charge in [-0.3, -0.25) is 9.69 Å². The number of ether oxygens (including phenoxy) is 2. The van der Waals surface area contributed by atoms with Gasteiger partial charge < -0.3 is 19.3 Å². The number of piperazine rings is 1. The minimum absolute atomic E-state index is 0.168. The Balaban J connectivity index is 1.67. The average Bonchev–Trinajstić information content (AvgIpc) is 2.53. The fourth-order valence-electron chi connectivity index (χ4n) is 2.50. The van der Waals surface area contributed by atoms with E-state index in [9.17, 15) is 9.59 Å². The normalized spacial score (nSPS) is 20.9. The lowest BCUT2D eigenvalue weighted by Gasteiger charge is -2.34. The number of rotatable bonds is 3. The highest BCUT2D eigenvalue weighted by molar-refractivity contribution is 5.77. The van der Waals surface area contributed by atoms with Gasteiger partial charge in [-0.05, 0) is 0 Å². The molecule has 0 spiro atoms. The smallest absolute Gasteiger partial charge is 0.409 e. The number of carbonyl (C=O) groups is 2. The Morgan fingerprint density at radius 3 is 2.20 bits per heavy atom. The largest absolute Gasteiger partial charge is 0.453 e. The number of hydrogen-bond donors (Lipinski definition) is 0. The molecule has 2 aliphatic heterocycles. The molecule has 0 bridgehead atoms. The average molecular weight is 285 g/mol. The van der Waals surface area contributed by atoms with Gasteiger partial charge in [0.25, 0.3) is 0 Å². The predicted octanol–water partition coefficient (Wildman–Crippen LogP) is -0.381. The van der Waals surface area contributed by atoms with Gasteiger partial charge in [0.1, 0.15) is 0 Å². The quantitative estimate of drug-likeness (QED) is 0.707. The third-order valence-electron chi connectivity index (χ3n) is 3.81. The van der Waals surface area contributed by atoms with Crippen molar-refractivity contribution in [2.24, 2.45) is 0 Å². The zero-order chi connectivity index (χ0) is 14.4. The van der Waals surface area contributed by atoms with E-state index in [2.05, 4.69) is 9.64 Å². The molecule has 0 aromatic heterocycles. The van der Waals surface area contributed by atoms with E-state index in [-0.39, 0.29) is 12.0 Å². The van der Waals surface area contributed by atoms with E-state index < -0.39 is 0 Å². The summed E-state index contributed by atoms with van der Waals surface area (Å²) in [6, 6.07) is 0. The van der Waals surface area contributed by atoms with E-state index in [4.69, 9.17) is 4.74 Å². The first-order chi connectivity index (χ1) is 9.70. The molecule has 0 N–H and O–H groups in total. The second kappa shape index (κ2) is 7.44. The molecule has 2 aliphatic rings. The van der Waals surface area contributed by atoms with Gasteiger partial charge in [0.05, 0.1) is 20.3 Å². The summed E-state index contributed by atoms with van der Waals surface area (Å²) in [5.41, 5.74) is 0. The van der Waals surface area contributed by atoms with Crippen LogP contribution in [-0.2, 0) is 14.3 Å². The monoisotopic (exact) mass is 285 g/mol. The first kappa shape index (κ1) is 15.1. The van der Waals surface area contributed by atoms with E-state index in [0.29, 0.717) is 32.6 Å². The highest BCUT2D eigenvalue weighted by Crippen LogP contribution is 2.06. The van der Waals surface area contributed by atoms with Crippen molar-refractivity contribution in [1.82, 2.24) is 14.7 Å². The van der Waals surface area contributed by atoms with Crippen LogP contribution in [0.25, 0.3) is 0 Å². The Kier molecular flexibility index (Phi) is 5.60. The molecule has 2 heterocycles. The maximum Gasteiger partial charge on any atom is 0.409 e. The van der Waals surface area contributed by atoms with E-state index in [1.807, 2.05) is 4.90 Å². The number of amides is 2. The molecule has 0 saturated carbocycles. The zero-order valence-corrected chi connectivity index (χ0v) is 12.0. The third-order valence-corrected chi connectivity index (χ3v) is 3.81. The number of morpholine rings is 1. The van der Waals surface area contributed by atoms with E-state index >= 15 is 0 Å². The molecule has 0 aromatic rings. The highest BCUT2D eigenvalue weighted by Gasteiger charge is 2.24. The van der Waals surface area contributed by atoms with E-state index in [0.717, 1.165) is 32.8 Å². The fraction of sp³-hybridized carbons (Fsp3) is 0.846. The topological polar surface area (TPSA) is 62.3 Å². The van der Waals surface area contributed by atoms with Crippen LogP contribution in [0.1, 0.15) is 6.42 Å². The number of carbonyl (C=O) groups excluding carboxylic acids is 2. The molecular formula is C13H23N3O4. The summed E-state index contributed by atoms with van der Waals surface area (Å²) < 4.78 is 9.96.